The number of rotatable bonds is 7. The lowest BCUT2D eigenvalue weighted by molar-refractivity contribution is -0.185. The first kappa shape index (κ1) is 27.7. The van der Waals surface area contributed by atoms with Gasteiger partial charge in [0.2, 0.25) is 10.0 Å². The molecule has 0 radical (unpaired) electrons. The third kappa shape index (κ3) is 3.66. The number of aliphatic hydroxyl groups is 1. The van der Waals surface area contributed by atoms with Gasteiger partial charge in [-0.05, 0) is 62.1 Å². The van der Waals surface area contributed by atoms with Gasteiger partial charge in [-0.15, -0.1) is 0 Å². The predicted octanol–water partition coefficient (Wildman–Crippen LogP) is 3.80. The Morgan fingerprint density at radius 1 is 1.02 bits per heavy atom. The van der Waals surface area contributed by atoms with E-state index in [2.05, 4.69) is 36.2 Å². The highest BCUT2D eigenvalue weighted by Crippen LogP contribution is 2.66. The smallest absolute Gasteiger partial charge is 0.245 e. The van der Waals surface area contributed by atoms with Crippen LogP contribution >= 0.6 is 0 Å². The topological polar surface area (TPSA) is 82.5 Å². The molecule has 7 rings (SSSR count). The molecule has 1 N–H and O–H groups in total. The lowest BCUT2D eigenvalue weighted by atomic mass is 9.48. The number of piperidine rings is 1. The van der Waals surface area contributed by atoms with Crippen molar-refractivity contribution < 1.29 is 23.0 Å². The van der Waals surface area contributed by atoms with Gasteiger partial charge < -0.3 is 19.5 Å². The number of benzene rings is 3. The van der Waals surface area contributed by atoms with E-state index in [1.807, 2.05) is 49.3 Å². The Morgan fingerprint density at radius 2 is 1.76 bits per heavy atom. The van der Waals surface area contributed by atoms with Crippen molar-refractivity contribution in [3.8, 4) is 11.5 Å². The average molecular weight is 590 g/mol. The van der Waals surface area contributed by atoms with Crippen LogP contribution in [0.4, 0.5) is 5.69 Å². The summed E-state index contributed by atoms with van der Waals surface area (Å²) in [7, 11) is 3.57. The monoisotopic (exact) mass is 589 g/mol. The second-order valence-electron chi connectivity index (χ2n) is 12.5. The number of nitrogens with zero attached hydrogens (tertiary/aromatic N) is 3. The zero-order valence-corrected chi connectivity index (χ0v) is 25.5. The standard InChI is InChI=1S/C33H39N3O5S/c1-34(2)24-12-8-9-13-27(24)42(38,39)36-19-18-32-29-23-14-15-26(40-4)30(29)41-31(32)25(16-17-33(32,37)28(36)20-23)35(3)21-22-10-6-5-7-11-22/h5-15,25,28,31,37H,16-21H2,1-4H3/t25-,28-,31+,32+,33-/m1/s1. The number of likely N-dealkylation sites (N-methyl/N-ethyl adjacent to an activating group) is 1. The van der Waals surface area contributed by atoms with Gasteiger partial charge in [-0.25, -0.2) is 8.42 Å². The Balaban J connectivity index is 1.35. The maximum absolute atomic E-state index is 14.4. The first-order chi connectivity index (χ1) is 20.1. The number of ether oxygens (including phenoxy) is 2. The molecule has 4 aliphatic rings. The molecule has 8 nitrogen and oxygen atoms in total. The van der Waals surface area contributed by atoms with Gasteiger partial charge in [0.15, 0.2) is 11.5 Å². The maximum atomic E-state index is 14.4. The molecule has 2 aliphatic heterocycles. The number of anilines is 1. The molecule has 0 amide bonds. The summed E-state index contributed by atoms with van der Waals surface area (Å²) in [5.41, 5.74) is 1.89. The van der Waals surface area contributed by atoms with Crippen LogP contribution in [0.25, 0.3) is 0 Å². The van der Waals surface area contributed by atoms with E-state index in [4.69, 9.17) is 9.47 Å². The minimum atomic E-state index is -3.91. The summed E-state index contributed by atoms with van der Waals surface area (Å²) in [5, 5.41) is 13.0. The first-order valence-corrected chi connectivity index (χ1v) is 16.2. The van der Waals surface area contributed by atoms with Crippen LogP contribution in [0.5, 0.6) is 11.5 Å². The zero-order chi connectivity index (χ0) is 29.4. The second kappa shape index (κ2) is 9.71. The molecule has 0 unspecified atom stereocenters. The second-order valence-corrected chi connectivity index (χ2v) is 14.4. The minimum absolute atomic E-state index is 0.0341. The molecule has 3 aromatic rings. The van der Waals surface area contributed by atoms with Crippen LogP contribution in [0, 0.1) is 0 Å². The normalized spacial score (nSPS) is 29.6. The van der Waals surface area contributed by atoms with Gasteiger partial charge in [0, 0.05) is 38.8 Å². The van der Waals surface area contributed by atoms with Gasteiger partial charge in [-0.1, -0.05) is 48.5 Å². The number of para-hydroxylation sites is 1. The summed E-state index contributed by atoms with van der Waals surface area (Å²) in [6.45, 7) is 1.06. The van der Waals surface area contributed by atoms with Gasteiger partial charge >= 0.3 is 0 Å². The minimum Gasteiger partial charge on any atom is -0.493 e. The summed E-state index contributed by atoms with van der Waals surface area (Å²) in [4.78, 5) is 4.44. The van der Waals surface area contributed by atoms with Crippen molar-refractivity contribution in [2.45, 2.75) is 66.3 Å². The molecule has 2 aliphatic carbocycles. The van der Waals surface area contributed by atoms with Crippen molar-refractivity contribution in [3.05, 3.63) is 83.4 Å². The van der Waals surface area contributed by atoms with Gasteiger partial charge in [0.1, 0.15) is 11.0 Å². The Hall–Kier alpha value is -3.11. The van der Waals surface area contributed by atoms with Crippen LogP contribution in [-0.4, -0.2) is 81.3 Å². The molecule has 2 fully saturated rings. The number of sulfonamides is 1. The van der Waals surface area contributed by atoms with E-state index in [-0.39, 0.29) is 17.0 Å². The van der Waals surface area contributed by atoms with Gasteiger partial charge in [0.25, 0.3) is 0 Å². The van der Waals surface area contributed by atoms with Crippen LogP contribution in [0.2, 0.25) is 0 Å². The van der Waals surface area contributed by atoms with Gasteiger partial charge in [-0.3, -0.25) is 4.90 Å². The Kier molecular flexibility index (Phi) is 6.40. The SMILES string of the molecule is COc1ccc2c3c1O[C@H]1[C@H](N(C)Cc4ccccc4)CC[C@@]4(O)[C@@H](C2)N(S(=O)(=O)c2ccccc2N(C)C)CC[C@]314. The van der Waals surface area contributed by atoms with Crippen LogP contribution in [0.1, 0.15) is 36.0 Å². The van der Waals surface area contributed by atoms with E-state index in [1.54, 1.807) is 23.5 Å². The van der Waals surface area contributed by atoms with E-state index < -0.39 is 27.1 Å². The lowest BCUT2D eigenvalue weighted by Gasteiger charge is -2.64. The molecule has 3 aromatic carbocycles. The summed E-state index contributed by atoms with van der Waals surface area (Å²) in [6, 6.07) is 20.9. The Labute approximate surface area is 248 Å². The molecule has 9 heteroatoms. The van der Waals surface area contributed by atoms with Crippen LogP contribution in [0.15, 0.2) is 71.6 Å². The van der Waals surface area contributed by atoms with E-state index in [1.165, 1.54) is 5.56 Å². The predicted molar refractivity (Wildman–Crippen MR) is 162 cm³/mol. The van der Waals surface area contributed by atoms with Crippen LogP contribution in [0.3, 0.4) is 0 Å². The number of hydrogen-bond donors (Lipinski definition) is 1. The third-order valence-corrected chi connectivity index (χ3v) is 12.3. The van der Waals surface area contributed by atoms with Crippen LogP contribution in [-0.2, 0) is 28.4 Å². The largest absolute Gasteiger partial charge is 0.493 e. The zero-order valence-electron chi connectivity index (χ0n) is 24.7. The molecule has 1 saturated carbocycles. The van der Waals surface area contributed by atoms with E-state index in [0.29, 0.717) is 49.4 Å². The fraction of sp³-hybridized carbons (Fsp3) is 0.455. The molecule has 42 heavy (non-hydrogen) atoms. The first-order valence-electron chi connectivity index (χ1n) is 14.8. The summed E-state index contributed by atoms with van der Waals surface area (Å²) >= 11 is 0. The van der Waals surface area contributed by atoms with Crippen molar-refractivity contribution in [3.63, 3.8) is 0 Å². The molecule has 1 saturated heterocycles. The van der Waals surface area contributed by atoms with E-state index in [9.17, 15) is 13.5 Å². The molecule has 0 aromatic heterocycles. The molecule has 2 heterocycles. The Morgan fingerprint density at radius 3 is 2.50 bits per heavy atom. The maximum Gasteiger partial charge on any atom is 0.245 e. The lowest BCUT2D eigenvalue weighted by Crippen LogP contribution is -2.78. The van der Waals surface area contributed by atoms with Crippen molar-refractivity contribution >= 4 is 15.7 Å². The molecule has 222 valence electrons. The molecular formula is C33H39N3O5S. The van der Waals surface area contributed by atoms with E-state index >= 15 is 0 Å². The number of hydrogen-bond acceptors (Lipinski definition) is 7. The van der Waals surface area contributed by atoms with Gasteiger partial charge in [0.05, 0.1) is 29.9 Å². The highest BCUT2D eigenvalue weighted by Gasteiger charge is 2.74. The van der Waals surface area contributed by atoms with Crippen molar-refractivity contribution in [1.82, 2.24) is 9.21 Å². The summed E-state index contributed by atoms with van der Waals surface area (Å²) in [6.07, 6.45) is 1.73. The third-order valence-electron chi connectivity index (χ3n) is 10.4. The van der Waals surface area contributed by atoms with Crippen molar-refractivity contribution in [1.29, 1.82) is 0 Å². The molecule has 1 spiro atoms. The molecule has 5 atom stereocenters. The van der Waals surface area contributed by atoms with Crippen molar-refractivity contribution in [2.75, 3.05) is 39.7 Å². The molecule has 2 bridgehead atoms. The highest BCUT2D eigenvalue weighted by atomic mass is 32.2. The quantitative estimate of drug-likeness (QED) is 0.449. The van der Waals surface area contributed by atoms with Crippen LogP contribution < -0.4 is 14.4 Å². The summed E-state index contributed by atoms with van der Waals surface area (Å²) in [5.74, 6) is 1.38. The fourth-order valence-corrected chi connectivity index (χ4v) is 10.5. The van der Waals surface area contributed by atoms with E-state index in [0.717, 1.165) is 17.7 Å². The summed E-state index contributed by atoms with van der Waals surface area (Å²) < 4.78 is 43.1. The van der Waals surface area contributed by atoms with Gasteiger partial charge in [-0.2, -0.15) is 4.31 Å². The average Bonchev–Trinajstić information content (AvgIpc) is 3.32. The fourth-order valence-electron chi connectivity index (χ4n) is 8.53. The molecular weight excluding hydrogens is 550 g/mol. The highest BCUT2D eigenvalue weighted by molar-refractivity contribution is 7.89. The number of methoxy groups -OCH3 is 1. The Bertz CT molecular complexity index is 1630. The van der Waals surface area contributed by atoms with Crippen molar-refractivity contribution in [2.24, 2.45) is 0 Å².